The van der Waals surface area contributed by atoms with Gasteiger partial charge in [-0.2, -0.15) is 0 Å². The molecule has 0 saturated heterocycles. The highest BCUT2D eigenvalue weighted by Crippen LogP contribution is 2.35. The Morgan fingerprint density at radius 1 is 1.28 bits per heavy atom. The van der Waals surface area contributed by atoms with Gasteiger partial charge in [-0.25, -0.2) is 0 Å². The van der Waals surface area contributed by atoms with Gasteiger partial charge in [-0.05, 0) is 49.3 Å². The predicted octanol–water partition coefficient (Wildman–Crippen LogP) is 4.18. The number of carbonyl (C=O) groups excluding carboxylic acids is 1. The molecule has 0 bridgehead atoms. The molecule has 2 N–H and O–H groups in total. The molecule has 1 saturated carbocycles. The molecule has 1 aliphatic rings. The topological polar surface area (TPSA) is 43.1 Å². The lowest BCUT2D eigenvalue weighted by Gasteiger charge is -2.31. The van der Waals surface area contributed by atoms with Crippen LogP contribution in [0, 0.1) is 17.8 Å². The standard InChI is InChI=1S/C15H20ClNO/c1-9-3-4-11(7-10(9)2)15(18)12-5-6-14(17)13(16)8-12/h5-6,8-11H,3-4,7,17H2,1-2H3. The number of rotatable bonds is 2. The summed E-state index contributed by atoms with van der Waals surface area (Å²) in [5.74, 6) is 1.72. The van der Waals surface area contributed by atoms with Crippen molar-refractivity contribution >= 4 is 23.1 Å². The largest absolute Gasteiger partial charge is 0.398 e. The van der Waals surface area contributed by atoms with E-state index in [0.29, 0.717) is 22.2 Å². The summed E-state index contributed by atoms with van der Waals surface area (Å²) in [6, 6.07) is 5.19. The Morgan fingerprint density at radius 2 is 2.00 bits per heavy atom. The molecule has 0 aliphatic heterocycles. The van der Waals surface area contributed by atoms with Gasteiger partial charge in [0.15, 0.2) is 5.78 Å². The van der Waals surface area contributed by atoms with Gasteiger partial charge in [0.05, 0.1) is 10.7 Å². The lowest BCUT2D eigenvalue weighted by Crippen LogP contribution is -2.26. The van der Waals surface area contributed by atoms with Crippen LogP contribution in [0.1, 0.15) is 43.5 Å². The zero-order valence-corrected chi connectivity index (χ0v) is 11.7. The van der Waals surface area contributed by atoms with Gasteiger partial charge in [0.2, 0.25) is 0 Å². The molecule has 2 nitrogen and oxygen atoms in total. The Hall–Kier alpha value is -1.02. The lowest BCUT2D eigenvalue weighted by atomic mass is 9.73. The minimum Gasteiger partial charge on any atom is -0.398 e. The van der Waals surface area contributed by atoms with Crippen molar-refractivity contribution in [3.8, 4) is 0 Å². The van der Waals surface area contributed by atoms with E-state index in [1.54, 1.807) is 18.2 Å². The molecule has 2 rings (SSSR count). The first kappa shape index (κ1) is 13.4. The minimum atomic E-state index is 0.149. The second kappa shape index (κ2) is 5.31. The smallest absolute Gasteiger partial charge is 0.166 e. The van der Waals surface area contributed by atoms with E-state index in [1.165, 1.54) is 0 Å². The molecular formula is C15H20ClNO. The van der Waals surface area contributed by atoms with Crippen LogP contribution in [0.2, 0.25) is 5.02 Å². The number of nitrogen functional groups attached to an aromatic ring is 1. The van der Waals surface area contributed by atoms with E-state index in [2.05, 4.69) is 13.8 Å². The maximum atomic E-state index is 12.4. The lowest BCUT2D eigenvalue weighted by molar-refractivity contribution is 0.0837. The summed E-state index contributed by atoms with van der Waals surface area (Å²) in [5, 5.41) is 0.470. The fourth-order valence-corrected chi connectivity index (χ4v) is 2.88. The monoisotopic (exact) mass is 265 g/mol. The average Bonchev–Trinajstić information content (AvgIpc) is 2.35. The van der Waals surface area contributed by atoms with E-state index < -0.39 is 0 Å². The van der Waals surface area contributed by atoms with Crippen LogP contribution in [0.5, 0.6) is 0 Å². The first-order chi connectivity index (χ1) is 8.49. The third-order valence-electron chi connectivity index (χ3n) is 4.25. The first-order valence-electron chi connectivity index (χ1n) is 6.58. The van der Waals surface area contributed by atoms with Gasteiger partial charge in [-0.3, -0.25) is 4.79 Å². The minimum absolute atomic E-state index is 0.149. The average molecular weight is 266 g/mol. The SMILES string of the molecule is CC1CCC(C(=O)c2ccc(N)c(Cl)c2)CC1C. The highest BCUT2D eigenvalue weighted by atomic mass is 35.5. The van der Waals surface area contributed by atoms with Crippen molar-refractivity contribution in [3.05, 3.63) is 28.8 Å². The molecule has 3 unspecified atom stereocenters. The van der Waals surface area contributed by atoms with Crippen molar-refractivity contribution in [1.29, 1.82) is 0 Å². The van der Waals surface area contributed by atoms with Gasteiger partial charge < -0.3 is 5.73 Å². The fraction of sp³-hybridized carbons (Fsp3) is 0.533. The van der Waals surface area contributed by atoms with E-state index in [9.17, 15) is 4.79 Å². The van der Waals surface area contributed by atoms with E-state index in [4.69, 9.17) is 17.3 Å². The maximum absolute atomic E-state index is 12.4. The Bertz CT molecular complexity index is 458. The quantitative estimate of drug-likeness (QED) is 0.644. The second-order valence-corrected chi connectivity index (χ2v) is 5.97. The van der Waals surface area contributed by atoms with Crippen molar-refractivity contribution in [2.75, 3.05) is 5.73 Å². The number of benzene rings is 1. The molecule has 98 valence electrons. The zero-order chi connectivity index (χ0) is 13.3. The van der Waals surface area contributed by atoms with Crippen LogP contribution in [0.15, 0.2) is 18.2 Å². The molecule has 0 amide bonds. The molecule has 1 aliphatic carbocycles. The Balaban J connectivity index is 2.14. The maximum Gasteiger partial charge on any atom is 0.166 e. The van der Waals surface area contributed by atoms with Gasteiger partial charge in [0.25, 0.3) is 0 Å². The molecule has 18 heavy (non-hydrogen) atoms. The first-order valence-corrected chi connectivity index (χ1v) is 6.96. The van der Waals surface area contributed by atoms with Crippen molar-refractivity contribution in [2.24, 2.45) is 17.8 Å². The van der Waals surface area contributed by atoms with E-state index >= 15 is 0 Å². The summed E-state index contributed by atoms with van der Waals surface area (Å²) < 4.78 is 0. The summed E-state index contributed by atoms with van der Waals surface area (Å²) in [6.45, 7) is 4.51. The summed E-state index contributed by atoms with van der Waals surface area (Å²) in [4.78, 5) is 12.4. The Kier molecular flexibility index (Phi) is 3.96. The highest BCUT2D eigenvalue weighted by Gasteiger charge is 2.29. The number of ketones is 1. The van der Waals surface area contributed by atoms with Crippen LogP contribution in [-0.2, 0) is 0 Å². The molecular weight excluding hydrogens is 246 g/mol. The highest BCUT2D eigenvalue weighted by molar-refractivity contribution is 6.33. The summed E-state index contributed by atoms with van der Waals surface area (Å²) in [7, 11) is 0. The summed E-state index contributed by atoms with van der Waals surface area (Å²) in [5.41, 5.74) is 6.89. The van der Waals surface area contributed by atoms with Gasteiger partial charge in [0.1, 0.15) is 0 Å². The molecule has 1 fully saturated rings. The third kappa shape index (κ3) is 2.69. The third-order valence-corrected chi connectivity index (χ3v) is 4.58. The van der Waals surface area contributed by atoms with Gasteiger partial charge >= 0.3 is 0 Å². The van der Waals surface area contributed by atoms with Crippen LogP contribution in [0.3, 0.4) is 0 Å². The number of nitrogens with two attached hydrogens (primary N) is 1. The van der Waals surface area contributed by atoms with Crippen LogP contribution >= 0.6 is 11.6 Å². The van der Waals surface area contributed by atoms with Crippen LogP contribution in [0.25, 0.3) is 0 Å². The number of halogens is 1. The molecule has 1 aromatic rings. The number of hydrogen-bond donors (Lipinski definition) is 1. The molecule has 0 aromatic heterocycles. The fourth-order valence-electron chi connectivity index (χ4n) is 2.70. The number of carbonyl (C=O) groups is 1. The molecule has 0 spiro atoms. The number of anilines is 1. The van der Waals surface area contributed by atoms with E-state index in [-0.39, 0.29) is 11.7 Å². The predicted molar refractivity (Wildman–Crippen MR) is 75.9 cm³/mol. The second-order valence-electron chi connectivity index (χ2n) is 5.57. The van der Waals surface area contributed by atoms with Crippen molar-refractivity contribution in [2.45, 2.75) is 33.1 Å². The van der Waals surface area contributed by atoms with Gasteiger partial charge in [0, 0.05) is 11.5 Å². The van der Waals surface area contributed by atoms with E-state index in [0.717, 1.165) is 25.2 Å². The van der Waals surface area contributed by atoms with Crippen molar-refractivity contribution in [3.63, 3.8) is 0 Å². The van der Waals surface area contributed by atoms with Crippen molar-refractivity contribution < 1.29 is 4.79 Å². The summed E-state index contributed by atoms with van der Waals surface area (Å²) in [6.07, 6.45) is 3.12. The van der Waals surface area contributed by atoms with Gasteiger partial charge in [-0.1, -0.05) is 25.4 Å². The molecule has 0 heterocycles. The molecule has 3 atom stereocenters. The normalized spacial score (nSPS) is 28.1. The van der Waals surface area contributed by atoms with E-state index in [1.807, 2.05) is 0 Å². The Morgan fingerprint density at radius 3 is 2.61 bits per heavy atom. The van der Waals surface area contributed by atoms with Gasteiger partial charge in [-0.15, -0.1) is 0 Å². The molecule has 1 aromatic carbocycles. The molecule has 0 radical (unpaired) electrons. The Labute approximate surface area is 114 Å². The van der Waals surface area contributed by atoms with Crippen LogP contribution < -0.4 is 5.73 Å². The van der Waals surface area contributed by atoms with Crippen LogP contribution in [0.4, 0.5) is 5.69 Å². The van der Waals surface area contributed by atoms with Crippen LogP contribution in [-0.4, -0.2) is 5.78 Å². The summed E-state index contributed by atoms with van der Waals surface area (Å²) >= 11 is 5.97. The number of hydrogen-bond acceptors (Lipinski definition) is 2. The molecule has 3 heteroatoms. The zero-order valence-electron chi connectivity index (χ0n) is 10.9. The van der Waals surface area contributed by atoms with Crippen molar-refractivity contribution in [1.82, 2.24) is 0 Å². The number of Topliss-reactive ketones (excluding diaryl/α,β-unsaturated/α-hetero) is 1.